The van der Waals surface area contributed by atoms with Crippen molar-refractivity contribution >= 4 is 52.1 Å². The Morgan fingerprint density at radius 1 is 1.03 bits per heavy atom. The fourth-order valence-electron chi connectivity index (χ4n) is 3.18. The zero-order valence-corrected chi connectivity index (χ0v) is 21.1. The zero-order chi connectivity index (χ0) is 25.4. The Bertz CT molecular complexity index is 1270. The summed E-state index contributed by atoms with van der Waals surface area (Å²) >= 11 is 12.7. The molecule has 34 heavy (non-hydrogen) atoms. The molecule has 0 saturated carbocycles. The Morgan fingerprint density at radius 3 is 2.21 bits per heavy atom. The lowest BCUT2D eigenvalue weighted by molar-refractivity contribution is 0.0284. The Morgan fingerprint density at radius 2 is 1.65 bits per heavy atom. The van der Waals surface area contributed by atoms with Crippen LogP contribution < -0.4 is 4.74 Å². The van der Waals surface area contributed by atoms with Gasteiger partial charge in [0.2, 0.25) is 0 Å². The minimum atomic E-state index is -0.799. The summed E-state index contributed by atoms with van der Waals surface area (Å²) in [6, 6.07) is 7.89. The summed E-state index contributed by atoms with van der Waals surface area (Å²) in [6.07, 6.45) is -0.799. The highest BCUT2D eigenvalue weighted by Gasteiger charge is 2.26. The van der Waals surface area contributed by atoms with Crippen molar-refractivity contribution in [2.75, 3.05) is 14.2 Å². The molecule has 2 amide bonds. The summed E-state index contributed by atoms with van der Waals surface area (Å²) in [5, 5.41) is 0.917. The molecule has 0 spiro atoms. The Kier molecular flexibility index (Phi) is 7.14. The Labute approximate surface area is 206 Å². The van der Waals surface area contributed by atoms with Gasteiger partial charge in [-0.3, -0.25) is 4.79 Å². The maximum absolute atomic E-state index is 12.7. The van der Waals surface area contributed by atoms with Gasteiger partial charge in [-0.25, -0.2) is 14.5 Å². The first kappa shape index (κ1) is 25.4. The van der Waals surface area contributed by atoms with Gasteiger partial charge >= 0.3 is 12.1 Å². The number of aromatic nitrogens is 1. The quantitative estimate of drug-likeness (QED) is 0.412. The first-order valence-electron chi connectivity index (χ1n) is 10.2. The lowest BCUT2D eigenvalue weighted by Crippen LogP contribution is -2.38. The number of ether oxygens (including phenoxy) is 3. The summed E-state index contributed by atoms with van der Waals surface area (Å²) in [4.78, 5) is 40.7. The van der Waals surface area contributed by atoms with Crippen molar-refractivity contribution in [3.05, 3.63) is 57.2 Å². The van der Waals surface area contributed by atoms with E-state index >= 15 is 0 Å². The van der Waals surface area contributed by atoms with E-state index in [0.717, 1.165) is 15.8 Å². The van der Waals surface area contributed by atoms with E-state index in [-0.39, 0.29) is 21.4 Å². The third-order valence-corrected chi connectivity index (χ3v) is 5.42. The molecule has 8 nitrogen and oxygen atoms in total. The minimum absolute atomic E-state index is 0.0783. The first-order chi connectivity index (χ1) is 15.8. The molecule has 0 saturated heterocycles. The number of carbonyl (C=O) groups excluding carboxylic acids is 3. The van der Waals surface area contributed by atoms with Crippen LogP contribution in [0.1, 0.15) is 47.2 Å². The van der Waals surface area contributed by atoms with Crippen LogP contribution in [0.3, 0.4) is 0 Å². The summed E-state index contributed by atoms with van der Waals surface area (Å²) < 4.78 is 15.9. The number of hydrogen-bond acceptors (Lipinski definition) is 6. The number of aryl methyl sites for hydroxylation is 1. The predicted octanol–water partition coefficient (Wildman–Crippen LogP) is 6.37. The number of imide groups is 1. The second kappa shape index (κ2) is 9.56. The lowest BCUT2D eigenvalue weighted by atomic mass is 10.1. The molecule has 0 fully saturated rings. The van der Waals surface area contributed by atoms with Crippen LogP contribution in [-0.2, 0) is 9.47 Å². The van der Waals surface area contributed by atoms with E-state index in [0.29, 0.717) is 17.0 Å². The number of hydrogen-bond donors (Lipinski definition) is 1. The second-order valence-corrected chi connectivity index (χ2v) is 9.35. The second-order valence-electron chi connectivity index (χ2n) is 8.54. The largest absolute Gasteiger partial charge is 0.464 e. The van der Waals surface area contributed by atoms with Gasteiger partial charge in [0.05, 0.1) is 17.2 Å². The predicted molar refractivity (Wildman–Crippen MR) is 129 cm³/mol. The number of nitrogens with one attached hydrogen (secondary N) is 1. The molecule has 1 N–H and O–H groups in total. The molecule has 180 valence electrons. The van der Waals surface area contributed by atoms with E-state index in [1.165, 1.54) is 26.3 Å². The van der Waals surface area contributed by atoms with Crippen molar-refractivity contribution in [1.29, 1.82) is 0 Å². The van der Waals surface area contributed by atoms with Crippen LogP contribution in [0.5, 0.6) is 11.5 Å². The SMILES string of the molecule is COC(=O)c1[nH]c2ccc(Oc3c(Cl)cc(C(=O)N(C)C(=O)OC(C)(C)C)cc3Cl)cc2c1C. The van der Waals surface area contributed by atoms with E-state index in [1.54, 1.807) is 45.9 Å². The van der Waals surface area contributed by atoms with Crippen molar-refractivity contribution in [3.8, 4) is 11.5 Å². The van der Waals surface area contributed by atoms with E-state index in [4.69, 9.17) is 37.4 Å². The van der Waals surface area contributed by atoms with Crippen molar-refractivity contribution in [2.45, 2.75) is 33.3 Å². The number of carbonyl (C=O) groups is 3. The number of esters is 1. The summed E-state index contributed by atoms with van der Waals surface area (Å²) in [5.74, 6) is -0.552. The molecule has 0 bridgehead atoms. The Balaban J connectivity index is 1.87. The number of amides is 2. The molecule has 3 rings (SSSR count). The zero-order valence-electron chi connectivity index (χ0n) is 19.5. The number of aromatic amines is 1. The van der Waals surface area contributed by atoms with Crippen LogP contribution >= 0.6 is 23.2 Å². The highest BCUT2D eigenvalue weighted by Crippen LogP contribution is 2.39. The summed E-state index contributed by atoms with van der Waals surface area (Å²) in [6.45, 7) is 6.89. The molecule has 10 heteroatoms. The molecule has 1 heterocycles. The molecular weight excluding hydrogens is 483 g/mol. The monoisotopic (exact) mass is 506 g/mol. The van der Waals surface area contributed by atoms with Crippen molar-refractivity contribution in [1.82, 2.24) is 9.88 Å². The van der Waals surface area contributed by atoms with Gasteiger partial charge in [-0.05, 0) is 63.6 Å². The minimum Gasteiger partial charge on any atom is -0.464 e. The van der Waals surface area contributed by atoms with Gasteiger partial charge in [-0.1, -0.05) is 23.2 Å². The molecular formula is C24H24Cl2N2O6. The van der Waals surface area contributed by atoms with Gasteiger partial charge in [0, 0.05) is 23.5 Å². The maximum Gasteiger partial charge on any atom is 0.417 e. The normalized spacial score (nSPS) is 11.3. The average Bonchev–Trinajstić information content (AvgIpc) is 3.09. The third kappa shape index (κ3) is 5.29. The summed E-state index contributed by atoms with van der Waals surface area (Å²) in [7, 11) is 2.62. The number of methoxy groups -OCH3 is 1. The number of nitrogens with zero attached hydrogens (tertiary/aromatic N) is 1. The van der Waals surface area contributed by atoms with Crippen LogP contribution in [0.4, 0.5) is 4.79 Å². The molecule has 2 aromatic carbocycles. The van der Waals surface area contributed by atoms with Crippen LogP contribution in [0, 0.1) is 6.92 Å². The maximum atomic E-state index is 12.7. The molecule has 0 aliphatic carbocycles. The van der Waals surface area contributed by atoms with Gasteiger partial charge in [-0.15, -0.1) is 0 Å². The topological polar surface area (TPSA) is 97.9 Å². The third-order valence-electron chi connectivity index (χ3n) is 4.86. The molecule has 0 unspecified atom stereocenters. The fourth-order valence-corrected chi connectivity index (χ4v) is 3.75. The van der Waals surface area contributed by atoms with E-state index in [2.05, 4.69) is 4.98 Å². The van der Waals surface area contributed by atoms with Crippen molar-refractivity contribution in [2.24, 2.45) is 0 Å². The van der Waals surface area contributed by atoms with Gasteiger partial charge < -0.3 is 19.2 Å². The number of halogens is 2. The molecule has 0 atom stereocenters. The van der Waals surface area contributed by atoms with Gasteiger partial charge in [0.25, 0.3) is 5.91 Å². The van der Waals surface area contributed by atoms with Gasteiger partial charge in [-0.2, -0.15) is 0 Å². The van der Waals surface area contributed by atoms with E-state index < -0.39 is 23.6 Å². The van der Waals surface area contributed by atoms with Gasteiger partial charge in [0.1, 0.15) is 17.0 Å². The van der Waals surface area contributed by atoms with E-state index in [1.807, 2.05) is 0 Å². The number of rotatable bonds is 4. The lowest BCUT2D eigenvalue weighted by Gasteiger charge is -2.23. The van der Waals surface area contributed by atoms with E-state index in [9.17, 15) is 14.4 Å². The number of benzene rings is 2. The number of H-pyrrole nitrogens is 1. The first-order valence-corrected chi connectivity index (χ1v) is 11.0. The Hall–Kier alpha value is -3.23. The number of fused-ring (bicyclic) bond motifs is 1. The highest BCUT2D eigenvalue weighted by molar-refractivity contribution is 6.37. The summed E-state index contributed by atoms with van der Waals surface area (Å²) in [5.41, 5.74) is 1.12. The molecule has 1 aromatic heterocycles. The molecule has 0 aliphatic heterocycles. The molecule has 3 aromatic rings. The van der Waals surface area contributed by atoms with Crippen molar-refractivity contribution in [3.63, 3.8) is 0 Å². The molecule has 0 radical (unpaired) electrons. The van der Waals surface area contributed by atoms with Gasteiger partial charge in [0.15, 0.2) is 5.75 Å². The smallest absolute Gasteiger partial charge is 0.417 e. The fraction of sp³-hybridized carbons (Fsp3) is 0.292. The van der Waals surface area contributed by atoms with Crippen LogP contribution in [0.2, 0.25) is 10.0 Å². The van der Waals surface area contributed by atoms with Crippen LogP contribution in [-0.4, -0.2) is 47.6 Å². The highest BCUT2D eigenvalue weighted by atomic mass is 35.5. The average molecular weight is 507 g/mol. The van der Waals surface area contributed by atoms with Crippen molar-refractivity contribution < 1.29 is 28.6 Å². The standard InChI is InChI=1S/C24H24Cl2N2O6/c1-12-15-11-14(7-8-18(15)27-19(12)22(30)32-6)33-20-16(25)9-13(10-17(20)26)21(29)28(5)23(31)34-24(2,3)4/h7-11,27H,1-6H3. The van der Waals surface area contributed by atoms with Crippen LogP contribution in [0.15, 0.2) is 30.3 Å². The molecule has 0 aliphatic rings. The van der Waals surface area contributed by atoms with Crippen LogP contribution in [0.25, 0.3) is 10.9 Å².